The Hall–Kier alpha value is -1.75. The number of carboxylic acids is 1. The van der Waals surface area contributed by atoms with Gasteiger partial charge in [-0.15, -0.1) is 0 Å². The van der Waals surface area contributed by atoms with Crippen LogP contribution in [-0.4, -0.2) is 47.8 Å². The van der Waals surface area contributed by atoms with E-state index >= 15 is 0 Å². The van der Waals surface area contributed by atoms with Crippen LogP contribution in [0.1, 0.15) is 45.4 Å². The number of fused-ring (bicyclic) bond motifs is 1. The minimum Gasteiger partial charge on any atom is -0.494 e. The Labute approximate surface area is 149 Å². The van der Waals surface area contributed by atoms with Crippen LogP contribution in [-0.2, 0) is 4.79 Å². The molecule has 1 aliphatic carbocycles. The van der Waals surface area contributed by atoms with Gasteiger partial charge in [0, 0.05) is 12.6 Å². The Morgan fingerprint density at radius 1 is 1.12 bits per heavy atom. The maximum atomic E-state index is 11.6. The number of carboxylic acid groups (broad SMARTS) is 1. The number of aliphatic carboxylic acids is 1. The van der Waals surface area contributed by atoms with Crippen LogP contribution < -0.4 is 9.47 Å². The molecule has 1 saturated carbocycles. The van der Waals surface area contributed by atoms with Gasteiger partial charge in [-0.25, -0.2) is 0 Å². The Bertz CT molecular complexity index is 559. The zero-order chi connectivity index (χ0) is 17.6. The predicted octanol–water partition coefficient (Wildman–Crippen LogP) is 3.57. The molecule has 2 fully saturated rings. The van der Waals surface area contributed by atoms with E-state index in [1.165, 1.54) is 19.3 Å². The second-order valence-electron chi connectivity index (χ2n) is 7.11. The molecule has 2 aliphatic rings. The van der Waals surface area contributed by atoms with E-state index in [2.05, 4.69) is 11.8 Å². The first-order chi connectivity index (χ1) is 12.2. The summed E-state index contributed by atoms with van der Waals surface area (Å²) in [5.74, 6) is 1.51. The van der Waals surface area contributed by atoms with Gasteiger partial charge in [0.2, 0.25) is 0 Å². The highest BCUT2D eigenvalue weighted by atomic mass is 16.5. The normalized spacial score (nSPS) is 26.2. The molecule has 0 radical (unpaired) electrons. The highest BCUT2D eigenvalue weighted by molar-refractivity contribution is 5.74. The Balaban J connectivity index is 1.52. The number of hydrogen-bond acceptors (Lipinski definition) is 4. The van der Waals surface area contributed by atoms with E-state index in [0.29, 0.717) is 31.7 Å². The Kier molecular flexibility index (Phi) is 6.19. The molecule has 1 saturated heterocycles. The first kappa shape index (κ1) is 18.1. The van der Waals surface area contributed by atoms with E-state index in [-0.39, 0.29) is 6.04 Å². The van der Waals surface area contributed by atoms with E-state index in [9.17, 15) is 9.90 Å². The number of ether oxygens (including phenoxy) is 2. The van der Waals surface area contributed by atoms with Gasteiger partial charge in [0.15, 0.2) is 0 Å². The molecule has 1 N–H and O–H groups in total. The van der Waals surface area contributed by atoms with Gasteiger partial charge >= 0.3 is 5.97 Å². The Morgan fingerprint density at radius 3 is 2.40 bits per heavy atom. The third-order valence-corrected chi connectivity index (χ3v) is 5.42. The van der Waals surface area contributed by atoms with Crippen molar-refractivity contribution in [3.63, 3.8) is 0 Å². The van der Waals surface area contributed by atoms with Crippen LogP contribution >= 0.6 is 0 Å². The quantitative estimate of drug-likeness (QED) is 0.779. The molecule has 5 nitrogen and oxygen atoms in total. The van der Waals surface area contributed by atoms with Crippen molar-refractivity contribution in [3.05, 3.63) is 24.3 Å². The van der Waals surface area contributed by atoms with E-state index in [0.717, 1.165) is 30.8 Å². The smallest absolute Gasteiger partial charge is 0.320 e. The van der Waals surface area contributed by atoms with Crippen molar-refractivity contribution in [1.82, 2.24) is 4.90 Å². The zero-order valence-electron chi connectivity index (χ0n) is 15.0. The van der Waals surface area contributed by atoms with Crippen LogP contribution in [0.2, 0.25) is 0 Å². The minimum atomic E-state index is -0.688. The lowest BCUT2D eigenvalue weighted by Crippen LogP contribution is -2.44. The first-order valence-corrected chi connectivity index (χ1v) is 9.53. The molecule has 1 aromatic carbocycles. The molecule has 0 aromatic heterocycles. The van der Waals surface area contributed by atoms with E-state index < -0.39 is 5.97 Å². The van der Waals surface area contributed by atoms with Crippen molar-refractivity contribution in [2.75, 3.05) is 19.8 Å². The van der Waals surface area contributed by atoms with Crippen molar-refractivity contribution in [1.29, 1.82) is 0 Å². The van der Waals surface area contributed by atoms with Gasteiger partial charge in [0.25, 0.3) is 0 Å². The molecule has 0 amide bonds. The molecule has 0 spiro atoms. The van der Waals surface area contributed by atoms with Crippen molar-refractivity contribution in [2.24, 2.45) is 5.92 Å². The molecule has 138 valence electrons. The molecular formula is C20H29NO4. The van der Waals surface area contributed by atoms with Gasteiger partial charge in [-0.1, -0.05) is 19.8 Å². The Morgan fingerprint density at radius 2 is 1.76 bits per heavy atom. The summed E-state index contributed by atoms with van der Waals surface area (Å²) in [6.07, 6.45) is 6.53. The van der Waals surface area contributed by atoms with Gasteiger partial charge in [-0.3, -0.25) is 9.69 Å². The molecule has 1 heterocycles. The second-order valence-corrected chi connectivity index (χ2v) is 7.11. The molecule has 3 atom stereocenters. The molecule has 0 bridgehead atoms. The van der Waals surface area contributed by atoms with Crippen LogP contribution in [0, 0.1) is 5.92 Å². The summed E-state index contributed by atoms with van der Waals surface area (Å²) in [4.78, 5) is 13.8. The maximum absolute atomic E-state index is 11.6. The van der Waals surface area contributed by atoms with Crippen LogP contribution in [0.5, 0.6) is 11.5 Å². The maximum Gasteiger partial charge on any atom is 0.320 e. The lowest BCUT2D eigenvalue weighted by atomic mass is 9.85. The summed E-state index contributed by atoms with van der Waals surface area (Å²) in [5, 5.41) is 9.55. The average molecular weight is 347 g/mol. The van der Waals surface area contributed by atoms with Crippen LogP contribution in [0.3, 0.4) is 0 Å². The average Bonchev–Trinajstić information content (AvgIpc) is 3.00. The van der Waals surface area contributed by atoms with Gasteiger partial charge in [-0.05, 0) is 55.9 Å². The van der Waals surface area contributed by atoms with E-state index in [1.807, 2.05) is 24.3 Å². The molecule has 5 heteroatoms. The van der Waals surface area contributed by atoms with E-state index in [4.69, 9.17) is 9.47 Å². The van der Waals surface area contributed by atoms with Crippen molar-refractivity contribution in [3.8, 4) is 11.5 Å². The van der Waals surface area contributed by atoms with Gasteiger partial charge in [0.1, 0.15) is 24.1 Å². The topological polar surface area (TPSA) is 59.0 Å². The van der Waals surface area contributed by atoms with Crippen LogP contribution in [0.4, 0.5) is 0 Å². The number of rotatable bonds is 8. The molecule has 1 aromatic rings. The number of benzene rings is 1. The standard InChI is InChI=1S/C20H29NO4/c1-2-12-24-16-7-9-17(10-8-16)25-13-11-21-18-6-4-3-5-15(18)14-19(21)20(22)23/h7-10,15,18-19H,2-6,11-14H2,1H3,(H,22,23). The predicted molar refractivity (Wildman–Crippen MR) is 96.2 cm³/mol. The summed E-state index contributed by atoms with van der Waals surface area (Å²) in [5.41, 5.74) is 0. The summed E-state index contributed by atoms with van der Waals surface area (Å²) in [7, 11) is 0. The summed E-state index contributed by atoms with van der Waals surface area (Å²) < 4.78 is 11.4. The third-order valence-electron chi connectivity index (χ3n) is 5.42. The van der Waals surface area contributed by atoms with Gasteiger partial charge in [0.05, 0.1) is 6.61 Å². The largest absolute Gasteiger partial charge is 0.494 e. The fraction of sp³-hybridized carbons (Fsp3) is 0.650. The molecule has 1 aliphatic heterocycles. The lowest BCUT2D eigenvalue weighted by Gasteiger charge is -2.32. The first-order valence-electron chi connectivity index (χ1n) is 9.53. The van der Waals surface area contributed by atoms with Gasteiger partial charge in [-0.2, -0.15) is 0 Å². The fourth-order valence-corrected chi connectivity index (χ4v) is 4.24. The van der Waals surface area contributed by atoms with E-state index in [1.54, 1.807) is 0 Å². The van der Waals surface area contributed by atoms with Crippen molar-refractivity contribution < 1.29 is 19.4 Å². The molecular weight excluding hydrogens is 318 g/mol. The highest BCUT2D eigenvalue weighted by Gasteiger charge is 2.44. The van der Waals surface area contributed by atoms with Crippen LogP contribution in [0.25, 0.3) is 0 Å². The van der Waals surface area contributed by atoms with Crippen molar-refractivity contribution >= 4 is 5.97 Å². The molecule has 25 heavy (non-hydrogen) atoms. The summed E-state index contributed by atoms with van der Waals surface area (Å²) in [6, 6.07) is 7.72. The summed E-state index contributed by atoms with van der Waals surface area (Å²) in [6.45, 7) is 3.99. The van der Waals surface area contributed by atoms with Gasteiger partial charge < -0.3 is 14.6 Å². The number of carbonyl (C=O) groups is 1. The number of hydrogen-bond donors (Lipinski definition) is 1. The SMILES string of the molecule is CCCOc1ccc(OCCN2C(C(=O)O)CC3CCCCC32)cc1. The van der Waals surface area contributed by atoms with Crippen LogP contribution in [0.15, 0.2) is 24.3 Å². The minimum absolute atomic E-state index is 0.346. The summed E-state index contributed by atoms with van der Waals surface area (Å²) >= 11 is 0. The zero-order valence-corrected chi connectivity index (χ0v) is 15.0. The second kappa shape index (κ2) is 8.56. The molecule has 3 unspecified atom stereocenters. The lowest BCUT2D eigenvalue weighted by molar-refractivity contribution is -0.142. The molecule has 3 rings (SSSR count). The number of nitrogens with zero attached hydrogens (tertiary/aromatic N) is 1. The monoisotopic (exact) mass is 347 g/mol. The highest BCUT2D eigenvalue weighted by Crippen LogP contribution is 2.39. The third kappa shape index (κ3) is 4.46. The van der Waals surface area contributed by atoms with Crippen molar-refractivity contribution in [2.45, 2.75) is 57.5 Å². The fourth-order valence-electron chi connectivity index (χ4n) is 4.24. The number of likely N-dealkylation sites (tertiary alicyclic amines) is 1.